The second kappa shape index (κ2) is 6.50. The number of carboxylic acids is 1. The Hall–Kier alpha value is -0.910. The number of aliphatic hydroxyl groups is 1. The van der Waals surface area contributed by atoms with Crippen LogP contribution in [0.15, 0.2) is 6.07 Å². The van der Waals surface area contributed by atoms with Crippen LogP contribution in [0.1, 0.15) is 45.8 Å². The van der Waals surface area contributed by atoms with Crippen LogP contribution in [0.4, 0.5) is 0 Å². The van der Waals surface area contributed by atoms with Gasteiger partial charge in [-0.1, -0.05) is 12.8 Å². The molecule has 0 saturated heterocycles. The average Bonchev–Trinajstić information content (AvgIpc) is 2.99. The van der Waals surface area contributed by atoms with Crippen LogP contribution in [0.25, 0.3) is 0 Å². The number of carboxylic acid groups (broad SMARTS) is 1. The number of hydrogen-bond acceptors (Lipinski definition) is 4. The van der Waals surface area contributed by atoms with Gasteiger partial charge in [-0.15, -0.1) is 11.3 Å². The monoisotopic (exact) mass is 283 g/mol. The smallest absolute Gasteiger partial charge is 0.345 e. The van der Waals surface area contributed by atoms with Crippen molar-refractivity contribution in [3.63, 3.8) is 0 Å². The second-order valence-corrected chi connectivity index (χ2v) is 6.39. The third-order valence-corrected chi connectivity index (χ3v) is 4.91. The van der Waals surface area contributed by atoms with Gasteiger partial charge in [0.2, 0.25) is 0 Å². The summed E-state index contributed by atoms with van der Waals surface area (Å²) in [5.74, 6) is -0.853. The molecule has 0 aliphatic heterocycles. The minimum atomic E-state index is -0.853. The molecule has 1 heterocycles. The molecule has 4 nitrogen and oxygen atoms in total. The maximum Gasteiger partial charge on any atom is 0.345 e. The van der Waals surface area contributed by atoms with Gasteiger partial charge in [-0.3, -0.25) is 4.90 Å². The van der Waals surface area contributed by atoms with Crippen molar-refractivity contribution in [2.75, 3.05) is 13.2 Å². The highest BCUT2D eigenvalue weighted by Gasteiger charge is 2.23. The minimum absolute atomic E-state index is 0.158. The Balaban J connectivity index is 2.09. The van der Waals surface area contributed by atoms with Crippen molar-refractivity contribution in [3.8, 4) is 0 Å². The Bertz CT molecular complexity index is 438. The van der Waals surface area contributed by atoms with Crippen molar-refractivity contribution in [1.29, 1.82) is 0 Å². The molecule has 1 fully saturated rings. The molecular formula is C14H21NO3S. The van der Waals surface area contributed by atoms with E-state index in [9.17, 15) is 9.90 Å². The van der Waals surface area contributed by atoms with Crippen molar-refractivity contribution in [1.82, 2.24) is 4.90 Å². The summed E-state index contributed by atoms with van der Waals surface area (Å²) in [6, 6.07) is 2.32. The number of thiophene rings is 1. The molecule has 1 aromatic rings. The Morgan fingerprint density at radius 3 is 2.68 bits per heavy atom. The van der Waals surface area contributed by atoms with Crippen molar-refractivity contribution < 1.29 is 15.0 Å². The molecule has 5 heteroatoms. The van der Waals surface area contributed by atoms with E-state index in [1.54, 1.807) is 6.07 Å². The second-order valence-electron chi connectivity index (χ2n) is 5.13. The lowest BCUT2D eigenvalue weighted by atomic mass is 10.1. The molecule has 2 rings (SSSR count). The van der Waals surface area contributed by atoms with E-state index < -0.39 is 5.97 Å². The summed E-state index contributed by atoms with van der Waals surface area (Å²) in [7, 11) is 0. The first kappa shape index (κ1) is 14.5. The van der Waals surface area contributed by atoms with Crippen molar-refractivity contribution in [2.45, 2.75) is 45.2 Å². The van der Waals surface area contributed by atoms with Crippen molar-refractivity contribution >= 4 is 17.3 Å². The number of nitrogens with zero attached hydrogens (tertiary/aromatic N) is 1. The van der Waals surface area contributed by atoms with Crippen LogP contribution < -0.4 is 0 Å². The van der Waals surface area contributed by atoms with Crippen LogP contribution in [0.2, 0.25) is 0 Å². The van der Waals surface area contributed by atoms with Gasteiger partial charge in [0.25, 0.3) is 0 Å². The molecule has 0 radical (unpaired) electrons. The van der Waals surface area contributed by atoms with E-state index in [-0.39, 0.29) is 6.61 Å². The van der Waals surface area contributed by atoms with E-state index >= 15 is 0 Å². The Labute approximate surface area is 117 Å². The molecule has 0 unspecified atom stereocenters. The maximum atomic E-state index is 11.0. The molecule has 1 saturated carbocycles. The van der Waals surface area contributed by atoms with Gasteiger partial charge in [0.05, 0.1) is 6.61 Å². The van der Waals surface area contributed by atoms with Gasteiger partial charge in [0.1, 0.15) is 4.88 Å². The highest BCUT2D eigenvalue weighted by atomic mass is 32.1. The fourth-order valence-electron chi connectivity index (χ4n) is 2.79. The Morgan fingerprint density at radius 1 is 1.47 bits per heavy atom. The zero-order valence-electron chi connectivity index (χ0n) is 11.3. The van der Waals surface area contributed by atoms with Crippen LogP contribution >= 0.6 is 11.3 Å². The molecule has 1 aromatic heterocycles. The fourth-order valence-corrected chi connectivity index (χ4v) is 3.66. The molecule has 19 heavy (non-hydrogen) atoms. The van der Waals surface area contributed by atoms with Crippen LogP contribution in [0.3, 0.4) is 0 Å². The number of aliphatic hydroxyl groups excluding tert-OH is 1. The van der Waals surface area contributed by atoms with Crippen molar-refractivity contribution in [2.24, 2.45) is 0 Å². The molecule has 0 amide bonds. The van der Waals surface area contributed by atoms with Gasteiger partial charge in [-0.05, 0) is 31.4 Å². The zero-order chi connectivity index (χ0) is 13.8. The van der Waals surface area contributed by atoms with E-state index in [0.29, 0.717) is 17.5 Å². The molecular weight excluding hydrogens is 262 g/mol. The first-order valence-corrected chi connectivity index (χ1v) is 7.61. The average molecular weight is 283 g/mol. The van der Waals surface area contributed by atoms with Gasteiger partial charge >= 0.3 is 5.97 Å². The van der Waals surface area contributed by atoms with E-state index in [1.807, 2.05) is 6.92 Å². The summed E-state index contributed by atoms with van der Waals surface area (Å²) in [5, 5.41) is 18.2. The number of hydrogen-bond donors (Lipinski definition) is 2. The summed E-state index contributed by atoms with van der Waals surface area (Å²) in [6.07, 6.45) is 4.90. The highest BCUT2D eigenvalue weighted by Crippen LogP contribution is 2.28. The highest BCUT2D eigenvalue weighted by molar-refractivity contribution is 7.14. The first-order chi connectivity index (χ1) is 9.11. The Kier molecular flexibility index (Phi) is 4.96. The van der Waals surface area contributed by atoms with Crippen molar-refractivity contribution in [3.05, 3.63) is 21.4 Å². The summed E-state index contributed by atoms with van der Waals surface area (Å²) in [5.41, 5.74) is 1.09. The SMILES string of the molecule is Cc1sc(C(=O)O)cc1CN(CCO)C1CCCC1. The molecule has 0 aromatic carbocycles. The van der Waals surface area contributed by atoms with Gasteiger partial charge in [-0.2, -0.15) is 0 Å². The lowest BCUT2D eigenvalue weighted by Gasteiger charge is -2.28. The molecule has 0 bridgehead atoms. The summed E-state index contributed by atoms with van der Waals surface area (Å²) in [6.45, 7) is 3.55. The molecule has 1 aliphatic rings. The lowest BCUT2D eigenvalue weighted by Crippen LogP contribution is -2.35. The predicted molar refractivity (Wildman–Crippen MR) is 75.8 cm³/mol. The van der Waals surface area contributed by atoms with Gasteiger partial charge in [-0.25, -0.2) is 4.79 Å². The van der Waals surface area contributed by atoms with Gasteiger partial charge in [0, 0.05) is 24.0 Å². The zero-order valence-corrected chi connectivity index (χ0v) is 12.1. The minimum Gasteiger partial charge on any atom is -0.477 e. The molecule has 0 atom stereocenters. The third kappa shape index (κ3) is 3.55. The number of aromatic carboxylic acids is 1. The van der Waals surface area contributed by atoms with Gasteiger partial charge in [0.15, 0.2) is 0 Å². The summed E-state index contributed by atoms with van der Waals surface area (Å²) >= 11 is 1.34. The molecule has 1 aliphatic carbocycles. The summed E-state index contributed by atoms with van der Waals surface area (Å²) < 4.78 is 0. The normalized spacial score (nSPS) is 16.4. The van der Waals surface area contributed by atoms with Crippen LogP contribution in [0.5, 0.6) is 0 Å². The quantitative estimate of drug-likeness (QED) is 0.842. The third-order valence-electron chi connectivity index (χ3n) is 3.83. The largest absolute Gasteiger partial charge is 0.477 e. The standard InChI is InChI=1S/C14H21NO3S/c1-10-11(8-13(19-10)14(17)18)9-15(6-7-16)12-4-2-3-5-12/h8,12,16H,2-7,9H2,1H3,(H,17,18). The molecule has 2 N–H and O–H groups in total. The first-order valence-electron chi connectivity index (χ1n) is 6.79. The summed E-state index contributed by atoms with van der Waals surface area (Å²) in [4.78, 5) is 14.8. The topological polar surface area (TPSA) is 60.8 Å². The van der Waals surface area contributed by atoms with Crippen LogP contribution in [-0.2, 0) is 6.54 Å². The number of carbonyl (C=O) groups is 1. The fraction of sp³-hybridized carbons (Fsp3) is 0.643. The van der Waals surface area contributed by atoms with E-state index in [1.165, 1.54) is 37.0 Å². The molecule has 0 spiro atoms. The van der Waals surface area contributed by atoms with Crippen LogP contribution in [-0.4, -0.2) is 40.3 Å². The maximum absolute atomic E-state index is 11.0. The van der Waals surface area contributed by atoms with E-state index in [4.69, 9.17) is 5.11 Å². The Morgan fingerprint density at radius 2 is 2.16 bits per heavy atom. The van der Waals surface area contributed by atoms with Gasteiger partial charge < -0.3 is 10.2 Å². The van der Waals surface area contributed by atoms with Crippen LogP contribution in [0, 0.1) is 6.92 Å². The van der Waals surface area contributed by atoms with E-state index in [0.717, 1.165) is 17.0 Å². The lowest BCUT2D eigenvalue weighted by molar-refractivity contribution is 0.0702. The predicted octanol–water partition coefficient (Wildman–Crippen LogP) is 2.49. The molecule has 106 valence electrons. The number of aryl methyl sites for hydroxylation is 1. The van der Waals surface area contributed by atoms with E-state index in [2.05, 4.69) is 4.90 Å². The number of rotatable bonds is 6.